The van der Waals surface area contributed by atoms with E-state index in [0.717, 1.165) is 26.4 Å². The van der Waals surface area contributed by atoms with E-state index in [2.05, 4.69) is 9.98 Å². The quantitative estimate of drug-likeness (QED) is 0.445. The minimum absolute atomic E-state index is 0.347. The van der Waals surface area contributed by atoms with E-state index in [1.807, 2.05) is 30.3 Å². The number of carboxylic acids is 1. The summed E-state index contributed by atoms with van der Waals surface area (Å²) in [7, 11) is 3.19. The molecule has 0 amide bonds. The fraction of sp³-hybridized carbons (Fsp3) is 0.182. The summed E-state index contributed by atoms with van der Waals surface area (Å²) in [5.41, 5.74) is 1.08. The number of carboxylic acid groups (broad SMARTS) is 1. The Balaban J connectivity index is 0.000000165. The highest BCUT2D eigenvalue weighted by Crippen LogP contribution is 2.31. The maximum absolute atomic E-state index is 10.9. The maximum Gasteiger partial charge on any atom is 0.336 e. The smallest absolute Gasteiger partial charge is 0.336 e. The van der Waals surface area contributed by atoms with Gasteiger partial charge in [-0.25, -0.2) is 14.6 Å². The van der Waals surface area contributed by atoms with Crippen LogP contribution in [-0.4, -0.2) is 47.1 Å². The van der Waals surface area contributed by atoms with Crippen molar-refractivity contribution in [2.45, 2.75) is 6.04 Å². The molecule has 1 aliphatic heterocycles. The first-order valence-electron chi connectivity index (χ1n) is 9.43. The lowest BCUT2D eigenvalue weighted by Gasteiger charge is -1.99. The van der Waals surface area contributed by atoms with Gasteiger partial charge in [-0.2, -0.15) is 0 Å². The van der Waals surface area contributed by atoms with Crippen LogP contribution in [0.5, 0.6) is 11.5 Å². The van der Waals surface area contributed by atoms with Crippen LogP contribution >= 0.6 is 23.1 Å². The molecule has 8 nitrogen and oxygen atoms in total. The van der Waals surface area contributed by atoms with Crippen molar-refractivity contribution in [2.75, 3.05) is 20.0 Å². The summed E-state index contributed by atoms with van der Waals surface area (Å²) in [4.78, 5) is 30.4. The fourth-order valence-electron chi connectivity index (χ4n) is 2.91. The van der Waals surface area contributed by atoms with Gasteiger partial charge in [0.25, 0.3) is 0 Å². The molecule has 5 rings (SSSR count). The third-order valence-electron chi connectivity index (χ3n) is 4.54. The first-order chi connectivity index (χ1) is 15.5. The Labute approximate surface area is 190 Å². The number of aromatic nitrogens is 1. The third kappa shape index (κ3) is 4.76. The molecule has 0 bridgehead atoms. The summed E-state index contributed by atoms with van der Waals surface area (Å²) in [5, 5.41) is 11.3. The second-order valence-corrected chi connectivity index (χ2v) is 8.65. The minimum atomic E-state index is -0.884. The van der Waals surface area contributed by atoms with Crippen LogP contribution in [0.1, 0.15) is 5.01 Å². The van der Waals surface area contributed by atoms with Crippen molar-refractivity contribution in [3.8, 4) is 11.5 Å². The predicted molar refractivity (Wildman–Crippen MR) is 126 cm³/mol. The normalized spacial score (nSPS) is 15.2. The van der Waals surface area contributed by atoms with Crippen LogP contribution in [0.4, 0.5) is 0 Å². The van der Waals surface area contributed by atoms with Gasteiger partial charge in [-0.3, -0.25) is 4.99 Å². The summed E-state index contributed by atoms with van der Waals surface area (Å²) in [6.45, 7) is 0. The number of fused-ring (bicyclic) bond motifs is 2. The second kappa shape index (κ2) is 9.41. The van der Waals surface area contributed by atoms with Gasteiger partial charge < -0.3 is 19.0 Å². The van der Waals surface area contributed by atoms with E-state index in [1.165, 1.54) is 29.2 Å². The van der Waals surface area contributed by atoms with Gasteiger partial charge in [-0.1, -0.05) is 0 Å². The first-order valence-corrected chi connectivity index (χ1v) is 11.2. The topological polar surface area (TPSA) is 111 Å². The molecule has 0 saturated heterocycles. The van der Waals surface area contributed by atoms with Gasteiger partial charge >= 0.3 is 11.6 Å². The van der Waals surface area contributed by atoms with Gasteiger partial charge in [0, 0.05) is 23.3 Å². The summed E-state index contributed by atoms with van der Waals surface area (Å²) in [6.07, 6.45) is 0. The van der Waals surface area contributed by atoms with Gasteiger partial charge in [-0.15, -0.1) is 23.1 Å². The van der Waals surface area contributed by atoms with E-state index >= 15 is 0 Å². The van der Waals surface area contributed by atoms with Gasteiger partial charge in [-0.05, 0) is 36.4 Å². The van der Waals surface area contributed by atoms with Crippen LogP contribution in [0.15, 0.2) is 62.7 Å². The SMILES string of the molecule is COc1ccc2ccc(=O)oc2c1.COc1ccc2nc(C3=N[C@@H](C(=O)O)CS3)sc2c1. The molecule has 1 N–H and O–H groups in total. The lowest BCUT2D eigenvalue weighted by Crippen LogP contribution is -2.17. The van der Waals surface area contributed by atoms with E-state index in [9.17, 15) is 9.59 Å². The van der Waals surface area contributed by atoms with Gasteiger partial charge in [0.05, 0.1) is 24.4 Å². The van der Waals surface area contributed by atoms with Crippen molar-refractivity contribution >= 4 is 55.3 Å². The van der Waals surface area contributed by atoms with Crippen molar-refractivity contribution in [2.24, 2.45) is 4.99 Å². The van der Waals surface area contributed by atoms with Gasteiger partial charge in [0.15, 0.2) is 6.04 Å². The Morgan fingerprint density at radius 1 is 1.09 bits per heavy atom. The highest BCUT2D eigenvalue weighted by atomic mass is 32.2. The lowest BCUT2D eigenvalue weighted by molar-refractivity contribution is -0.137. The minimum Gasteiger partial charge on any atom is -0.497 e. The molecule has 3 heterocycles. The summed E-state index contributed by atoms with van der Waals surface area (Å²) < 4.78 is 16.2. The number of aliphatic carboxylic acids is 1. The Kier molecular flexibility index (Phi) is 6.42. The van der Waals surface area contributed by atoms with E-state index in [-0.39, 0.29) is 5.63 Å². The number of carbonyl (C=O) groups is 1. The zero-order valence-electron chi connectivity index (χ0n) is 17.1. The summed E-state index contributed by atoms with van der Waals surface area (Å²) in [6, 6.07) is 13.5. The average molecular weight is 471 g/mol. The van der Waals surface area contributed by atoms with E-state index in [4.69, 9.17) is 19.0 Å². The molecule has 1 atom stereocenters. The number of ether oxygens (including phenoxy) is 2. The molecule has 32 heavy (non-hydrogen) atoms. The molecule has 0 saturated carbocycles. The van der Waals surface area contributed by atoms with Crippen molar-refractivity contribution in [3.05, 3.63) is 64.0 Å². The van der Waals surface area contributed by atoms with Crippen LogP contribution < -0.4 is 15.1 Å². The van der Waals surface area contributed by atoms with Crippen LogP contribution in [0.25, 0.3) is 21.2 Å². The monoisotopic (exact) mass is 470 g/mol. The van der Waals surface area contributed by atoms with Crippen LogP contribution in [-0.2, 0) is 4.79 Å². The van der Waals surface area contributed by atoms with Crippen molar-refractivity contribution in [1.82, 2.24) is 4.98 Å². The van der Waals surface area contributed by atoms with E-state index < -0.39 is 12.0 Å². The molecule has 0 fully saturated rings. The molecule has 0 aliphatic carbocycles. The number of thioether (sulfide) groups is 1. The third-order valence-corrected chi connectivity index (χ3v) is 6.75. The Morgan fingerprint density at radius 2 is 1.81 bits per heavy atom. The molecule has 10 heteroatoms. The molecule has 4 aromatic rings. The number of benzene rings is 2. The van der Waals surface area contributed by atoms with Crippen LogP contribution in [0.2, 0.25) is 0 Å². The van der Waals surface area contributed by atoms with Crippen molar-refractivity contribution < 1.29 is 23.8 Å². The number of hydrogen-bond acceptors (Lipinski definition) is 9. The average Bonchev–Trinajstić information content (AvgIpc) is 3.45. The van der Waals surface area contributed by atoms with Crippen molar-refractivity contribution in [3.63, 3.8) is 0 Å². The molecule has 0 radical (unpaired) electrons. The fourth-order valence-corrected chi connectivity index (χ4v) is 5.00. The number of methoxy groups -OCH3 is 2. The zero-order chi connectivity index (χ0) is 22.7. The number of hydrogen-bond donors (Lipinski definition) is 1. The Hall–Kier alpha value is -3.37. The predicted octanol–water partition coefficient (Wildman–Crippen LogP) is 4.05. The lowest BCUT2D eigenvalue weighted by atomic mass is 10.2. The zero-order valence-corrected chi connectivity index (χ0v) is 18.7. The number of thiazole rings is 1. The van der Waals surface area contributed by atoms with Crippen LogP contribution in [0.3, 0.4) is 0 Å². The largest absolute Gasteiger partial charge is 0.497 e. The molecule has 2 aromatic carbocycles. The van der Waals surface area contributed by atoms with Gasteiger partial charge in [0.1, 0.15) is 27.1 Å². The first kappa shape index (κ1) is 21.8. The Bertz CT molecular complexity index is 1380. The van der Waals surface area contributed by atoms with Crippen LogP contribution in [0, 0.1) is 0 Å². The molecule has 2 aromatic heterocycles. The van der Waals surface area contributed by atoms with Crippen molar-refractivity contribution in [1.29, 1.82) is 0 Å². The van der Waals surface area contributed by atoms with Gasteiger partial charge in [0.2, 0.25) is 0 Å². The second-order valence-electron chi connectivity index (χ2n) is 6.61. The standard InChI is InChI=1S/C12H10N2O3S2.C10H8O3/c1-17-6-2-3-7-9(4-6)19-11(13-7)10-14-8(5-18-10)12(15)16;1-12-8-4-2-7-3-5-10(11)13-9(7)6-8/h2-4,8H,5H2,1H3,(H,15,16);2-6H,1H3/t8-;/m1./s1. The number of rotatable bonds is 4. The molecular weight excluding hydrogens is 452 g/mol. The molecule has 164 valence electrons. The maximum atomic E-state index is 10.9. The van der Waals surface area contributed by atoms with E-state index in [1.54, 1.807) is 26.4 Å². The molecular formula is C22H18N2O6S2. The van der Waals surface area contributed by atoms with E-state index in [0.29, 0.717) is 22.1 Å². The molecule has 0 spiro atoms. The highest BCUT2D eigenvalue weighted by Gasteiger charge is 2.26. The molecule has 1 aliphatic rings. The number of nitrogens with zero attached hydrogens (tertiary/aromatic N) is 2. The highest BCUT2D eigenvalue weighted by molar-refractivity contribution is 8.15. The number of aliphatic imine (C=N–C) groups is 1. The summed E-state index contributed by atoms with van der Waals surface area (Å²) >= 11 is 2.95. The molecule has 0 unspecified atom stereocenters. The summed E-state index contributed by atoms with van der Waals surface area (Å²) in [5.74, 6) is 1.06. The Morgan fingerprint density at radius 3 is 2.53 bits per heavy atom.